The summed E-state index contributed by atoms with van der Waals surface area (Å²) in [6.07, 6.45) is 1.34. The highest BCUT2D eigenvalue weighted by molar-refractivity contribution is 5.18. The summed E-state index contributed by atoms with van der Waals surface area (Å²) in [6, 6.07) is 6.08. The molecule has 1 saturated heterocycles. The van der Waals surface area contributed by atoms with E-state index in [0.29, 0.717) is 12.3 Å². The van der Waals surface area contributed by atoms with E-state index in [4.69, 9.17) is 4.74 Å². The van der Waals surface area contributed by atoms with Gasteiger partial charge in [0.2, 0.25) is 0 Å². The van der Waals surface area contributed by atoms with E-state index < -0.39 is 6.10 Å². The molecule has 0 spiro atoms. The van der Waals surface area contributed by atoms with Gasteiger partial charge in [0.05, 0.1) is 12.7 Å². The first-order valence-corrected chi connectivity index (χ1v) is 6.84. The van der Waals surface area contributed by atoms with Crippen molar-refractivity contribution in [3.05, 3.63) is 35.6 Å². The van der Waals surface area contributed by atoms with Crippen molar-refractivity contribution in [3.8, 4) is 0 Å². The maximum absolute atomic E-state index is 12.8. The van der Waals surface area contributed by atoms with Gasteiger partial charge < -0.3 is 14.7 Å². The van der Waals surface area contributed by atoms with Crippen LogP contribution in [-0.4, -0.2) is 43.4 Å². The average molecular weight is 267 g/mol. The van der Waals surface area contributed by atoms with Crippen LogP contribution in [0.15, 0.2) is 24.3 Å². The van der Waals surface area contributed by atoms with Crippen LogP contribution in [0.5, 0.6) is 0 Å². The number of benzene rings is 1. The summed E-state index contributed by atoms with van der Waals surface area (Å²) < 4.78 is 18.0. The standard InChI is InChI=1S/C15H22FNO2/c1-19-11-12-6-8-17(10-12)9-7-15(18)13-2-4-14(16)5-3-13/h2-5,12,15,18H,6-11H2,1H3. The Morgan fingerprint density at radius 1 is 1.42 bits per heavy atom. The molecular weight excluding hydrogens is 245 g/mol. The normalized spacial score (nSPS) is 21.7. The summed E-state index contributed by atoms with van der Waals surface area (Å²) in [6.45, 7) is 3.81. The topological polar surface area (TPSA) is 32.7 Å². The van der Waals surface area contributed by atoms with Gasteiger partial charge in [0.1, 0.15) is 5.82 Å². The first-order chi connectivity index (χ1) is 9.19. The Kier molecular flexibility index (Phi) is 5.31. The van der Waals surface area contributed by atoms with E-state index in [1.165, 1.54) is 18.6 Å². The predicted molar refractivity (Wildman–Crippen MR) is 72.4 cm³/mol. The predicted octanol–water partition coefficient (Wildman–Crippen LogP) is 2.22. The highest BCUT2D eigenvalue weighted by atomic mass is 19.1. The van der Waals surface area contributed by atoms with E-state index in [-0.39, 0.29) is 5.82 Å². The first-order valence-electron chi connectivity index (χ1n) is 6.84. The van der Waals surface area contributed by atoms with E-state index in [2.05, 4.69) is 4.90 Å². The Labute approximate surface area is 114 Å². The number of hydrogen-bond donors (Lipinski definition) is 1. The van der Waals surface area contributed by atoms with Crippen molar-refractivity contribution < 1.29 is 14.2 Å². The molecular formula is C15H22FNO2. The zero-order valence-corrected chi connectivity index (χ0v) is 11.4. The molecule has 0 aliphatic carbocycles. The molecule has 3 nitrogen and oxygen atoms in total. The fourth-order valence-electron chi connectivity index (χ4n) is 2.64. The molecule has 4 heteroatoms. The second kappa shape index (κ2) is 6.98. The van der Waals surface area contributed by atoms with E-state index >= 15 is 0 Å². The Morgan fingerprint density at radius 3 is 2.84 bits per heavy atom. The number of aliphatic hydroxyl groups excluding tert-OH is 1. The summed E-state index contributed by atoms with van der Waals surface area (Å²) in [4.78, 5) is 2.36. The van der Waals surface area contributed by atoms with Gasteiger partial charge in [-0.15, -0.1) is 0 Å². The molecule has 1 N–H and O–H groups in total. The molecule has 1 aliphatic heterocycles. The SMILES string of the molecule is COCC1CCN(CCC(O)c2ccc(F)cc2)C1. The summed E-state index contributed by atoms with van der Waals surface area (Å²) >= 11 is 0. The number of ether oxygens (including phenoxy) is 1. The molecule has 2 unspecified atom stereocenters. The Morgan fingerprint density at radius 2 is 2.16 bits per heavy atom. The van der Waals surface area contributed by atoms with Crippen LogP contribution in [0.3, 0.4) is 0 Å². The molecule has 19 heavy (non-hydrogen) atoms. The van der Waals surface area contributed by atoms with Crippen LogP contribution in [0, 0.1) is 11.7 Å². The quantitative estimate of drug-likeness (QED) is 0.858. The largest absolute Gasteiger partial charge is 0.388 e. The minimum atomic E-state index is -0.512. The second-order valence-corrected chi connectivity index (χ2v) is 5.27. The van der Waals surface area contributed by atoms with Crippen LogP contribution < -0.4 is 0 Å². The molecule has 2 rings (SSSR count). The van der Waals surface area contributed by atoms with Crippen molar-refractivity contribution in [1.29, 1.82) is 0 Å². The lowest BCUT2D eigenvalue weighted by molar-refractivity contribution is 0.137. The highest BCUT2D eigenvalue weighted by Crippen LogP contribution is 2.21. The molecule has 1 heterocycles. The summed E-state index contributed by atoms with van der Waals surface area (Å²) in [5, 5.41) is 10.1. The van der Waals surface area contributed by atoms with Crippen molar-refractivity contribution in [1.82, 2.24) is 4.90 Å². The van der Waals surface area contributed by atoms with Crippen molar-refractivity contribution in [2.75, 3.05) is 33.4 Å². The molecule has 1 fully saturated rings. The monoisotopic (exact) mass is 267 g/mol. The first kappa shape index (κ1) is 14.4. The van der Waals surface area contributed by atoms with Crippen LogP contribution in [-0.2, 0) is 4.74 Å². The third-order valence-electron chi connectivity index (χ3n) is 3.75. The van der Waals surface area contributed by atoms with Gasteiger partial charge in [-0.1, -0.05) is 12.1 Å². The average Bonchev–Trinajstić information content (AvgIpc) is 2.85. The Hall–Kier alpha value is -0.970. The lowest BCUT2D eigenvalue weighted by Crippen LogP contribution is -2.24. The Bertz CT molecular complexity index is 382. The van der Waals surface area contributed by atoms with E-state index in [9.17, 15) is 9.50 Å². The summed E-state index contributed by atoms with van der Waals surface area (Å²) in [5.41, 5.74) is 0.786. The van der Waals surface area contributed by atoms with Crippen LogP contribution in [0.2, 0.25) is 0 Å². The molecule has 1 aromatic carbocycles. The van der Waals surface area contributed by atoms with Crippen molar-refractivity contribution >= 4 is 0 Å². The number of likely N-dealkylation sites (tertiary alicyclic amines) is 1. The van der Waals surface area contributed by atoms with Crippen LogP contribution in [0.25, 0.3) is 0 Å². The molecule has 0 radical (unpaired) electrons. The van der Waals surface area contributed by atoms with Crippen molar-refractivity contribution in [2.24, 2.45) is 5.92 Å². The molecule has 0 bridgehead atoms. The number of rotatable bonds is 6. The highest BCUT2D eigenvalue weighted by Gasteiger charge is 2.22. The van der Waals surface area contributed by atoms with E-state index in [1.54, 1.807) is 19.2 Å². The Balaban J connectivity index is 1.75. The summed E-state index contributed by atoms with van der Waals surface area (Å²) in [7, 11) is 1.74. The van der Waals surface area contributed by atoms with E-state index in [0.717, 1.165) is 31.8 Å². The van der Waals surface area contributed by atoms with Crippen molar-refractivity contribution in [3.63, 3.8) is 0 Å². The molecule has 0 aromatic heterocycles. The number of aliphatic hydroxyl groups is 1. The maximum Gasteiger partial charge on any atom is 0.123 e. The zero-order chi connectivity index (χ0) is 13.7. The van der Waals surface area contributed by atoms with E-state index in [1.807, 2.05) is 0 Å². The number of methoxy groups -OCH3 is 1. The molecule has 2 atom stereocenters. The lowest BCUT2D eigenvalue weighted by atomic mass is 10.1. The molecule has 1 aromatic rings. The van der Waals surface area contributed by atoms with Gasteiger partial charge in [0.15, 0.2) is 0 Å². The number of hydrogen-bond acceptors (Lipinski definition) is 3. The fraction of sp³-hybridized carbons (Fsp3) is 0.600. The van der Waals surface area contributed by atoms with Gasteiger partial charge in [-0.2, -0.15) is 0 Å². The minimum absolute atomic E-state index is 0.266. The smallest absolute Gasteiger partial charge is 0.123 e. The van der Waals surface area contributed by atoms with Crippen LogP contribution in [0.1, 0.15) is 24.5 Å². The fourth-order valence-corrected chi connectivity index (χ4v) is 2.64. The molecule has 1 aliphatic rings. The van der Waals surface area contributed by atoms with Gasteiger partial charge >= 0.3 is 0 Å². The third kappa shape index (κ3) is 4.27. The van der Waals surface area contributed by atoms with Gasteiger partial charge in [0, 0.05) is 20.2 Å². The molecule has 0 amide bonds. The third-order valence-corrected chi connectivity index (χ3v) is 3.75. The zero-order valence-electron chi connectivity index (χ0n) is 11.4. The van der Waals surface area contributed by atoms with Gasteiger partial charge in [-0.05, 0) is 43.0 Å². The van der Waals surface area contributed by atoms with Gasteiger partial charge in [0.25, 0.3) is 0 Å². The summed E-state index contributed by atoms with van der Waals surface area (Å²) in [5.74, 6) is 0.353. The van der Waals surface area contributed by atoms with Crippen LogP contribution >= 0.6 is 0 Å². The maximum atomic E-state index is 12.8. The van der Waals surface area contributed by atoms with Gasteiger partial charge in [-0.25, -0.2) is 4.39 Å². The number of nitrogens with zero attached hydrogens (tertiary/aromatic N) is 1. The van der Waals surface area contributed by atoms with Crippen LogP contribution in [0.4, 0.5) is 4.39 Å². The minimum Gasteiger partial charge on any atom is -0.388 e. The van der Waals surface area contributed by atoms with Gasteiger partial charge in [-0.3, -0.25) is 0 Å². The molecule has 0 saturated carbocycles. The number of halogens is 1. The lowest BCUT2D eigenvalue weighted by Gasteiger charge is -2.18. The van der Waals surface area contributed by atoms with Crippen molar-refractivity contribution in [2.45, 2.75) is 18.9 Å². The molecule has 106 valence electrons. The second-order valence-electron chi connectivity index (χ2n) is 5.27.